The summed E-state index contributed by atoms with van der Waals surface area (Å²) in [6.45, 7) is 3.92. The Labute approximate surface area is 179 Å². The van der Waals surface area contributed by atoms with Crippen molar-refractivity contribution in [3.8, 4) is 0 Å². The van der Waals surface area contributed by atoms with Crippen LogP contribution in [0.3, 0.4) is 0 Å². The van der Waals surface area contributed by atoms with Crippen LogP contribution in [-0.4, -0.2) is 23.1 Å². The van der Waals surface area contributed by atoms with Gasteiger partial charge in [0.15, 0.2) is 4.90 Å². The molecule has 0 aliphatic heterocycles. The highest BCUT2D eigenvalue weighted by Crippen LogP contribution is 2.29. The maximum Gasteiger partial charge on any atom is 0.289 e. The number of benzene rings is 3. The van der Waals surface area contributed by atoms with Crippen molar-refractivity contribution in [3.63, 3.8) is 0 Å². The third-order valence-corrected chi connectivity index (χ3v) is 6.57. The average molecular weight is 436 g/mol. The maximum atomic E-state index is 12.9. The third-order valence-electron chi connectivity index (χ3n) is 5.17. The molecule has 0 atom stereocenters. The predicted octanol–water partition coefficient (Wildman–Crippen LogP) is 4.41. The number of hydrogen-bond donors (Lipinski definition) is 1. The van der Waals surface area contributed by atoms with Gasteiger partial charge in [-0.1, -0.05) is 54.6 Å². The number of nitro benzene ring substituents is 1. The van der Waals surface area contributed by atoms with Crippen LogP contribution in [0.1, 0.15) is 17.0 Å². The molecule has 0 unspecified atom stereocenters. The number of rotatable bonds is 6. The molecule has 0 aliphatic carbocycles. The predicted molar refractivity (Wildman–Crippen MR) is 119 cm³/mol. The van der Waals surface area contributed by atoms with Crippen LogP contribution in [0.4, 0.5) is 11.4 Å². The second kappa shape index (κ2) is 7.84. The van der Waals surface area contributed by atoms with Gasteiger partial charge in [0, 0.05) is 6.07 Å². The smallest absolute Gasteiger partial charge is 0.276 e. The lowest BCUT2D eigenvalue weighted by atomic mass is 10.0. The molecule has 0 fully saturated rings. The first-order chi connectivity index (χ1) is 14.8. The number of aryl methyl sites for hydroxylation is 1. The number of para-hydroxylation sites is 1. The van der Waals surface area contributed by atoms with Crippen LogP contribution >= 0.6 is 0 Å². The number of fused-ring (bicyclic) bond motifs is 1. The van der Waals surface area contributed by atoms with E-state index in [2.05, 4.69) is 9.82 Å². The van der Waals surface area contributed by atoms with Gasteiger partial charge in [0.05, 0.1) is 28.5 Å². The van der Waals surface area contributed by atoms with E-state index < -0.39 is 20.6 Å². The number of nitrogens with zero attached hydrogens (tertiary/aromatic N) is 3. The van der Waals surface area contributed by atoms with E-state index in [-0.39, 0.29) is 4.90 Å². The highest BCUT2D eigenvalue weighted by atomic mass is 32.2. The van der Waals surface area contributed by atoms with E-state index in [1.54, 1.807) is 18.5 Å². The zero-order valence-electron chi connectivity index (χ0n) is 16.9. The van der Waals surface area contributed by atoms with Crippen molar-refractivity contribution in [1.82, 2.24) is 9.78 Å². The largest absolute Gasteiger partial charge is 0.289 e. The first-order valence-electron chi connectivity index (χ1n) is 9.55. The minimum atomic E-state index is -4.17. The average Bonchev–Trinajstić information content (AvgIpc) is 3.01. The van der Waals surface area contributed by atoms with E-state index in [9.17, 15) is 18.5 Å². The van der Waals surface area contributed by atoms with Gasteiger partial charge in [-0.05, 0) is 36.2 Å². The molecule has 4 rings (SSSR count). The molecule has 8 nitrogen and oxygen atoms in total. The topological polar surface area (TPSA) is 107 Å². The van der Waals surface area contributed by atoms with Gasteiger partial charge in [-0.15, -0.1) is 0 Å². The molecular formula is C22H20N4O4S. The second-order valence-electron chi connectivity index (χ2n) is 7.17. The zero-order chi connectivity index (χ0) is 22.2. The first-order valence-corrected chi connectivity index (χ1v) is 11.0. The Balaban J connectivity index is 1.70. The van der Waals surface area contributed by atoms with Crippen molar-refractivity contribution in [2.75, 3.05) is 4.72 Å². The van der Waals surface area contributed by atoms with Crippen LogP contribution < -0.4 is 4.72 Å². The van der Waals surface area contributed by atoms with Gasteiger partial charge in [0.1, 0.15) is 0 Å². The molecule has 1 N–H and O–H groups in total. The van der Waals surface area contributed by atoms with Gasteiger partial charge >= 0.3 is 0 Å². The van der Waals surface area contributed by atoms with Crippen LogP contribution in [-0.2, 0) is 16.6 Å². The number of hydrogen-bond acceptors (Lipinski definition) is 5. The normalized spacial score (nSPS) is 11.5. The van der Waals surface area contributed by atoms with Crippen molar-refractivity contribution < 1.29 is 13.3 Å². The molecule has 31 heavy (non-hydrogen) atoms. The SMILES string of the molecule is Cc1nn(Cc2cccc3ccccc23)c(C)c1NS(=O)(=O)c1ccccc1[N+](=O)[O-]. The summed E-state index contributed by atoms with van der Waals surface area (Å²) in [7, 11) is -4.17. The standard InChI is InChI=1S/C22H20N4O4S/c1-15-22(24-31(29,30)21-13-6-5-12-20(21)26(27)28)16(2)25(23-15)14-18-10-7-9-17-8-3-4-11-19(17)18/h3-13,24H,14H2,1-2H3. The lowest BCUT2D eigenvalue weighted by molar-refractivity contribution is -0.387. The van der Waals surface area contributed by atoms with E-state index >= 15 is 0 Å². The van der Waals surface area contributed by atoms with E-state index in [1.165, 1.54) is 18.2 Å². The van der Waals surface area contributed by atoms with E-state index in [1.807, 2.05) is 42.5 Å². The van der Waals surface area contributed by atoms with E-state index in [0.29, 0.717) is 23.6 Å². The number of sulfonamides is 1. The van der Waals surface area contributed by atoms with Crippen LogP contribution in [0.5, 0.6) is 0 Å². The Kier molecular flexibility index (Phi) is 5.20. The molecule has 158 valence electrons. The Morgan fingerprint density at radius 1 is 1.00 bits per heavy atom. The molecule has 0 saturated carbocycles. The molecule has 0 spiro atoms. The molecule has 0 aliphatic rings. The quantitative estimate of drug-likeness (QED) is 0.356. The summed E-state index contributed by atoms with van der Waals surface area (Å²) >= 11 is 0. The Morgan fingerprint density at radius 2 is 1.68 bits per heavy atom. The maximum absolute atomic E-state index is 12.9. The van der Waals surface area contributed by atoms with E-state index in [4.69, 9.17) is 0 Å². The van der Waals surface area contributed by atoms with Gasteiger partial charge in [0.25, 0.3) is 15.7 Å². The monoisotopic (exact) mass is 436 g/mol. The second-order valence-corrected chi connectivity index (χ2v) is 8.82. The summed E-state index contributed by atoms with van der Waals surface area (Å²) in [6, 6.07) is 19.3. The molecule has 0 amide bonds. The molecule has 0 bridgehead atoms. The third kappa shape index (κ3) is 3.87. The summed E-state index contributed by atoms with van der Waals surface area (Å²) in [5, 5.41) is 18.0. The lowest BCUT2D eigenvalue weighted by Gasteiger charge is -2.10. The fourth-order valence-corrected chi connectivity index (χ4v) is 4.96. The molecule has 1 heterocycles. The summed E-state index contributed by atoms with van der Waals surface area (Å²) in [6.07, 6.45) is 0. The fraction of sp³-hybridized carbons (Fsp3) is 0.136. The zero-order valence-corrected chi connectivity index (χ0v) is 17.8. The molecule has 0 radical (unpaired) electrons. The Bertz CT molecular complexity index is 1410. The molecule has 1 aromatic heterocycles. The molecule has 0 saturated heterocycles. The van der Waals surface area contributed by atoms with Crippen LogP contribution in [0.15, 0.2) is 71.6 Å². The minimum Gasteiger partial charge on any atom is -0.276 e. The molecule has 3 aromatic carbocycles. The molecular weight excluding hydrogens is 416 g/mol. The van der Waals surface area contributed by atoms with Crippen molar-refractivity contribution in [2.45, 2.75) is 25.3 Å². The molecule has 4 aromatic rings. The van der Waals surface area contributed by atoms with Crippen LogP contribution in [0, 0.1) is 24.0 Å². The number of nitro groups is 1. The summed E-state index contributed by atoms with van der Waals surface area (Å²) in [4.78, 5) is 10.2. The highest BCUT2D eigenvalue weighted by molar-refractivity contribution is 7.92. The van der Waals surface area contributed by atoms with Crippen molar-refractivity contribution in [3.05, 3.63) is 93.8 Å². The highest BCUT2D eigenvalue weighted by Gasteiger charge is 2.27. The molecule has 9 heteroatoms. The van der Waals surface area contributed by atoms with Crippen LogP contribution in [0.25, 0.3) is 10.8 Å². The summed E-state index contributed by atoms with van der Waals surface area (Å²) in [5.74, 6) is 0. The van der Waals surface area contributed by atoms with Crippen molar-refractivity contribution in [2.24, 2.45) is 0 Å². The number of nitrogens with one attached hydrogen (secondary N) is 1. The Morgan fingerprint density at radius 3 is 2.45 bits per heavy atom. The van der Waals surface area contributed by atoms with E-state index in [0.717, 1.165) is 22.4 Å². The van der Waals surface area contributed by atoms with Gasteiger partial charge in [-0.3, -0.25) is 19.5 Å². The number of anilines is 1. The lowest BCUT2D eigenvalue weighted by Crippen LogP contribution is -2.16. The van der Waals surface area contributed by atoms with Crippen LogP contribution in [0.2, 0.25) is 0 Å². The summed E-state index contributed by atoms with van der Waals surface area (Å²) < 4.78 is 30.1. The number of aromatic nitrogens is 2. The first kappa shape index (κ1) is 20.5. The minimum absolute atomic E-state index is 0.318. The van der Waals surface area contributed by atoms with Gasteiger partial charge < -0.3 is 0 Å². The Hall–Kier alpha value is -3.72. The van der Waals surface area contributed by atoms with Gasteiger partial charge in [0.2, 0.25) is 0 Å². The summed E-state index contributed by atoms with van der Waals surface area (Å²) in [5.41, 5.74) is 2.00. The van der Waals surface area contributed by atoms with Crippen molar-refractivity contribution >= 4 is 32.2 Å². The fourth-order valence-electron chi connectivity index (χ4n) is 3.61. The van der Waals surface area contributed by atoms with Gasteiger partial charge in [-0.2, -0.15) is 5.10 Å². The van der Waals surface area contributed by atoms with Gasteiger partial charge in [-0.25, -0.2) is 8.42 Å². The van der Waals surface area contributed by atoms with Crippen molar-refractivity contribution in [1.29, 1.82) is 0 Å².